The zero-order valence-electron chi connectivity index (χ0n) is 37.1. The number of hydrogen-bond acceptors (Lipinski definition) is 0. The third kappa shape index (κ3) is 11.1. The van der Waals surface area contributed by atoms with E-state index in [1.807, 2.05) is 6.07 Å². The molecule has 0 bridgehead atoms. The molecule has 2 radical (unpaired) electrons. The Labute approximate surface area is 382 Å². The van der Waals surface area contributed by atoms with Gasteiger partial charge in [-0.3, -0.25) is 0 Å². The van der Waals surface area contributed by atoms with E-state index in [0.717, 1.165) is 35.2 Å². The van der Waals surface area contributed by atoms with Gasteiger partial charge in [0.05, 0.1) is 9.52 Å². The monoisotopic (exact) mass is 965 g/mol. The number of hydrogen-bond donors (Lipinski definition) is 0. The molecule has 60 heavy (non-hydrogen) atoms. The van der Waals surface area contributed by atoms with E-state index in [2.05, 4.69) is 207 Å². The molecule has 0 aliphatic carbocycles. The van der Waals surface area contributed by atoms with E-state index in [0.29, 0.717) is 23.7 Å². The van der Waals surface area contributed by atoms with Crippen molar-refractivity contribution in [1.29, 1.82) is 0 Å². The molecule has 9 rings (SSSR count). The van der Waals surface area contributed by atoms with Crippen LogP contribution in [0.5, 0.6) is 0 Å². The van der Waals surface area contributed by atoms with Crippen molar-refractivity contribution in [2.75, 3.05) is 0 Å². The van der Waals surface area contributed by atoms with Crippen molar-refractivity contribution >= 4 is 41.4 Å². The van der Waals surface area contributed by atoms with E-state index in [1.54, 1.807) is 0 Å². The molecule has 2 heteroatoms. The van der Waals surface area contributed by atoms with Gasteiger partial charge in [-0.15, -0.1) is 74.6 Å². The molecule has 304 valence electrons. The second-order valence-corrected chi connectivity index (χ2v) is 19.5. The Hall–Kier alpha value is -4.37. The van der Waals surface area contributed by atoms with E-state index in [1.165, 1.54) is 87.6 Å². The maximum absolute atomic E-state index is 3.31. The number of benzene rings is 6. The molecule has 0 saturated heterocycles. The Kier molecular flexibility index (Phi) is 15.8. The van der Waals surface area contributed by atoms with Crippen LogP contribution in [-0.4, -0.2) is 9.52 Å². The molecule has 0 nitrogen and oxygen atoms in total. The van der Waals surface area contributed by atoms with Crippen LogP contribution in [0.15, 0.2) is 152 Å². The largest absolute Gasteiger partial charge is 0.184 e. The van der Waals surface area contributed by atoms with Crippen molar-refractivity contribution in [1.82, 2.24) is 0 Å². The predicted molar refractivity (Wildman–Crippen MR) is 260 cm³/mol. The first-order chi connectivity index (χ1) is 28.5. The second-order valence-electron chi connectivity index (χ2n) is 18.2. The minimum absolute atomic E-state index is 0. The summed E-state index contributed by atoms with van der Waals surface area (Å²) in [6, 6.07) is 58.9. The van der Waals surface area contributed by atoms with Gasteiger partial charge in [-0.25, -0.2) is 0 Å². The fourth-order valence-corrected chi connectivity index (χ4v) is 10.1. The van der Waals surface area contributed by atoms with Gasteiger partial charge in [-0.2, -0.15) is 41.6 Å². The van der Waals surface area contributed by atoms with Gasteiger partial charge < -0.3 is 0 Å². The molecule has 8 aromatic carbocycles. The molecule has 0 saturated carbocycles. The first-order valence-corrected chi connectivity index (χ1v) is 22.9. The van der Waals surface area contributed by atoms with E-state index in [4.69, 9.17) is 0 Å². The molecule has 0 fully saturated rings. The van der Waals surface area contributed by atoms with Crippen molar-refractivity contribution in [3.8, 4) is 33.4 Å². The van der Waals surface area contributed by atoms with Crippen LogP contribution in [0, 0.1) is 29.7 Å². The van der Waals surface area contributed by atoms with Crippen LogP contribution in [0.3, 0.4) is 0 Å². The molecule has 0 atom stereocenters. The van der Waals surface area contributed by atoms with Crippen LogP contribution >= 0.6 is 0 Å². The zero-order chi connectivity index (χ0) is 41.5. The van der Waals surface area contributed by atoms with E-state index in [-0.39, 0.29) is 25.8 Å². The molecule has 0 spiro atoms. The normalized spacial score (nSPS) is 11.7. The average Bonchev–Trinajstić information content (AvgIpc) is 3.92. The molecular weight excluding hydrogens is 903 g/mol. The average molecular weight is 965 g/mol. The minimum atomic E-state index is 0. The molecular formula is C58H61HfSi-3. The maximum atomic E-state index is 3.31. The standard InChI is InChI=1S/2C23H27.C12H7Si.Hf/c2*1-16(2)12-18-14-20-9-7-11-22(23(20)15-18)21-10-6-5-8-19(21)13-17(3)4;1-3-7-11-9(5-1)10-6-2-4-8-12(10)13-11;/h2*5-11,14-17H,12-13H2,1-4H3;1-7H;/q3*-1;. The first-order valence-electron chi connectivity index (χ1n) is 21.9. The van der Waals surface area contributed by atoms with Crippen LogP contribution in [0.2, 0.25) is 0 Å². The van der Waals surface area contributed by atoms with E-state index in [9.17, 15) is 0 Å². The smallest absolute Gasteiger partial charge is 0.0920 e. The summed E-state index contributed by atoms with van der Waals surface area (Å²) in [6.07, 6.45) is 4.57. The molecule has 0 unspecified atom stereocenters. The van der Waals surface area contributed by atoms with Gasteiger partial charge in [-0.05, 0) is 71.6 Å². The predicted octanol–water partition coefficient (Wildman–Crippen LogP) is 14.4. The fourth-order valence-electron chi connectivity index (χ4n) is 8.77. The molecule has 0 amide bonds. The second kappa shape index (κ2) is 20.9. The summed E-state index contributed by atoms with van der Waals surface area (Å²) in [4.78, 5) is 0. The van der Waals surface area contributed by atoms with Crippen molar-refractivity contribution in [2.45, 2.75) is 81.1 Å². The summed E-state index contributed by atoms with van der Waals surface area (Å²) in [5.41, 5.74) is 14.2. The van der Waals surface area contributed by atoms with Gasteiger partial charge in [0.2, 0.25) is 0 Å². The molecule has 0 aromatic heterocycles. The van der Waals surface area contributed by atoms with Crippen molar-refractivity contribution in [2.24, 2.45) is 23.7 Å². The van der Waals surface area contributed by atoms with Gasteiger partial charge in [0.1, 0.15) is 0 Å². The van der Waals surface area contributed by atoms with Crippen molar-refractivity contribution < 1.29 is 25.8 Å². The quantitative estimate of drug-likeness (QED) is 0.0946. The number of fused-ring (bicyclic) bond motifs is 5. The Morgan fingerprint density at radius 3 is 1.33 bits per heavy atom. The minimum Gasteiger partial charge on any atom is -0.184 e. The molecule has 1 aliphatic rings. The van der Waals surface area contributed by atoms with Crippen LogP contribution in [0.1, 0.15) is 77.6 Å². The summed E-state index contributed by atoms with van der Waals surface area (Å²) in [6.45, 7) is 18.3. The Bertz CT molecular complexity index is 2430. The Morgan fingerprint density at radius 2 is 0.850 bits per heavy atom. The van der Waals surface area contributed by atoms with Gasteiger partial charge in [-0.1, -0.05) is 162 Å². The summed E-state index contributed by atoms with van der Waals surface area (Å²) < 4.78 is 0. The molecule has 1 heterocycles. The van der Waals surface area contributed by atoms with Gasteiger partial charge in [0.25, 0.3) is 0 Å². The topological polar surface area (TPSA) is 0 Å². The van der Waals surface area contributed by atoms with Gasteiger partial charge in [0, 0.05) is 25.8 Å². The molecule has 8 aromatic rings. The van der Waals surface area contributed by atoms with Crippen LogP contribution in [-0.2, 0) is 51.5 Å². The zero-order valence-corrected chi connectivity index (χ0v) is 41.7. The van der Waals surface area contributed by atoms with Gasteiger partial charge >= 0.3 is 0 Å². The summed E-state index contributed by atoms with van der Waals surface area (Å²) >= 11 is 0. The van der Waals surface area contributed by atoms with Crippen molar-refractivity contribution in [3.63, 3.8) is 0 Å². The van der Waals surface area contributed by atoms with E-state index < -0.39 is 0 Å². The van der Waals surface area contributed by atoms with Crippen LogP contribution in [0.4, 0.5) is 0 Å². The molecule has 1 aliphatic heterocycles. The third-order valence-electron chi connectivity index (χ3n) is 11.1. The van der Waals surface area contributed by atoms with Crippen molar-refractivity contribution in [3.05, 3.63) is 180 Å². The fraction of sp³-hybridized carbons (Fsp3) is 0.276. The SMILES string of the molecule is CC(C)Cc1cc2c(-c3ccccc3CC(C)C)cccc2[cH-]1.CC(C)Cc1cc2c(-c3ccccc3CC(C)C)cccc2[cH-]1.[Hf].[c-]1cccc2c1[Si]c1ccccc1-2. The summed E-state index contributed by atoms with van der Waals surface area (Å²) in [5.74, 6) is 2.74. The van der Waals surface area contributed by atoms with Crippen LogP contribution in [0.25, 0.3) is 54.9 Å². The third-order valence-corrected chi connectivity index (χ3v) is 12.5. The first kappa shape index (κ1) is 45.2. The summed E-state index contributed by atoms with van der Waals surface area (Å²) in [7, 11) is 0.795. The Balaban J connectivity index is 0.000000155. The summed E-state index contributed by atoms with van der Waals surface area (Å²) in [5, 5.41) is 8.37. The Morgan fingerprint density at radius 1 is 0.433 bits per heavy atom. The molecule has 0 N–H and O–H groups in total. The van der Waals surface area contributed by atoms with E-state index >= 15 is 0 Å². The van der Waals surface area contributed by atoms with Gasteiger partial charge in [0.15, 0.2) is 0 Å². The number of rotatable bonds is 10. The maximum Gasteiger partial charge on any atom is 0.0920 e. The van der Waals surface area contributed by atoms with Crippen LogP contribution < -0.4 is 10.4 Å².